The lowest BCUT2D eigenvalue weighted by molar-refractivity contribution is -0.117. The molecule has 0 radical (unpaired) electrons. The van der Waals surface area contributed by atoms with Gasteiger partial charge in [0, 0.05) is 17.1 Å². The molecule has 0 aliphatic rings. The molecule has 0 saturated carbocycles. The number of aliphatic imine (C=N–C) groups is 1. The molecule has 0 atom stereocenters. The van der Waals surface area contributed by atoms with Crippen LogP contribution in [-0.2, 0) is 4.79 Å². The highest BCUT2D eigenvalue weighted by molar-refractivity contribution is 9.10. The molecule has 0 fully saturated rings. The van der Waals surface area contributed by atoms with Crippen LogP contribution in [0.3, 0.4) is 0 Å². The summed E-state index contributed by atoms with van der Waals surface area (Å²) in [5, 5.41) is 9.40. The molecule has 0 aromatic heterocycles. The normalized spacial score (nSPS) is 13.2. The molecule has 5 nitrogen and oxygen atoms in total. The highest BCUT2D eigenvalue weighted by Gasteiger charge is 2.14. The lowest BCUT2D eigenvalue weighted by Crippen LogP contribution is -2.23. The first-order chi connectivity index (χ1) is 7.97. The molecule has 1 aromatic carbocycles. The number of halogens is 1. The highest BCUT2D eigenvalue weighted by atomic mass is 79.9. The summed E-state index contributed by atoms with van der Waals surface area (Å²) in [7, 11) is 1.51. The lowest BCUT2D eigenvalue weighted by Gasteiger charge is -2.07. The first kappa shape index (κ1) is 13.2. The number of nitrogens with zero attached hydrogens (tertiary/aromatic N) is 1. The van der Waals surface area contributed by atoms with E-state index in [-0.39, 0.29) is 5.70 Å². The Kier molecular flexibility index (Phi) is 4.28. The van der Waals surface area contributed by atoms with Crippen molar-refractivity contribution >= 4 is 27.5 Å². The summed E-state index contributed by atoms with van der Waals surface area (Å²) in [4.78, 5) is 14.8. The molecule has 1 aromatic rings. The first-order valence-electron chi connectivity index (χ1n) is 4.69. The lowest BCUT2D eigenvalue weighted by atomic mass is 10.1. The van der Waals surface area contributed by atoms with Crippen LogP contribution in [-0.4, -0.2) is 23.8 Å². The van der Waals surface area contributed by atoms with E-state index >= 15 is 0 Å². The van der Waals surface area contributed by atoms with Crippen LogP contribution in [0.1, 0.15) is 5.56 Å². The summed E-state index contributed by atoms with van der Waals surface area (Å²) >= 11 is 3.30. The standard InChI is InChI=1S/C11H12BrN3O2/c1-15-9(8(13)10(16)11(14)17)6-2-4-7(12)5-3-6/h2-5,16H,13H2,1H3,(H2,14,17)/b10-8+,15-9-. The predicted molar refractivity (Wildman–Crippen MR) is 69.6 cm³/mol. The molecule has 1 rings (SSSR count). The third-order valence-corrected chi connectivity index (χ3v) is 2.61. The number of nitrogens with two attached hydrogens (primary N) is 2. The molecule has 0 saturated heterocycles. The number of allylic oxidation sites excluding steroid dienone is 1. The molecule has 0 aliphatic heterocycles. The van der Waals surface area contributed by atoms with Crippen LogP contribution >= 0.6 is 15.9 Å². The van der Waals surface area contributed by atoms with Crippen molar-refractivity contribution in [2.45, 2.75) is 0 Å². The second kappa shape index (κ2) is 5.49. The van der Waals surface area contributed by atoms with Crippen LogP contribution in [0.2, 0.25) is 0 Å². The molecule has 0 spiro atoms. The number of aliphatic hydroxyl groups excluding tert-OH is 1. The van der Waals surface area contributed by atoms with Crippen molar-refractivity contribution in [2.75, 3.05) is 7.05 Å². The number of amides is 1. The predicted octanol–water partition coefficient (Wildman–Crippen LogP) is 1.08. The number of carbonyl (C=O) groups is 1. The maximum Gasteiger partial charge on any atom is 0.285 e. The zero-order chi connectivity index (χ0) is 13.0. The van der Waals surface area contributed by atoms with Crippen molar-refractivity contribution in [3.63, 3.8) is 0 Å². The minimum absolute atomic E-state index is 0.137. The molecule has 0 bridgehead atoms. The Hall–Kier alpha value is -1.82. The second-order valence-electron chi connectivity index (χ2n) is 3.21. The Bertz CT molecular complexity index is 492. The molecule has 0 heterocycles. The second-order valence-corrected chi connectivity index (χ2v) is 4.12. The molecule has 5 N–H and O–H groups in total. The van der Waals surface area contributed by atoms with Gasteiger partial charge in [-0.3, -0.25) is 9.79 Å². The Labute approximate surface area is 107 Å². The maximum absolute atomic E-state index is 10.8. The van der Waals surface area contributed by atoms with Gasteiger partial charge in [0.25, 0.3) is 5.91 Å². The molecular formula is C11H12BrN3O2. The maximum atomic E-state index is 10.8. The fourth-order valence-corrected chi connectivity index (χ4v) is 1.52. The van der Waals surface area contributed by atoms with Crippen LogP contribution in [0.15, 0.2) is 45.2 Å². The first-order valence-corrected chi connectivity index (χ1v) is 5.48. The number of primary amides is 1. The van der Waals surface area contributed by atoms with Crippen LogP contribution in [0.25, 0.3) is 0 Å². The van der Waals surface area contributed by atoms with Gasteiger partial charge in [-0.1, -0.05) is 28.1 Å². The summed E-state index contributed by atoms with van der Waals surface area (Å²) in [6.45, 7) is 0. The molecule has 6 heteroatoms. The molecular weight excluding hydrogens is 286 g/mol. The molecule has 1 amide bonds. The van der Waals surface area contributed by atoms with Crippen LogP contribution in [0.5, 0.6) is 0 Å². The van der Waals surface area contributed by atoms with Crippen molar-refractivity contribution < 1.29 is 9.90 Å². The van der Waals surface area contributed by atoms with Crippen molar-refractivity contribution in [1.29, 1.82) is 0 Å². The average molecular weight is 298 g/mol. The number of rotatable bonds is 3. The Morgan fingerprint density at radius 2 is 1.82 bits per heavy atom. The van der Waals surface area contributed by atoms with Crippen molar-refractivity contribution in [3.8, 4) is 0 Å². The summed E-state index contributed by atoms with van der Waals surface area (Å²) in [5.74, 6) is -1.67. The topological polar surface area (TPSA) is 102 Å². The molecule has 17 heavy (non-hydrogen) atoms. The van der Waals surface area contributed by atoms with Crippen LogP contribution in [0, 0.1) is 0 Å². The van der Waals surface area contributed by atoms with E-state index in [0.29, 0.717) is 11.3 Å². The van der Waals surface area contributed by atoms with Crippen molar-refractivity contribution in [1.82, 2.24) is 0 Å². The summed E-state index contributed by atoms with van der Waals surface area (Å²) in [6, 6.07) is 7.12. The van der Waals surface area contributed by atoms with E-state index in [0.717, 1.165) is 4.47 Å². The van der Waals surface area contributed by atoms with Crippen LogP contribution in [0.4, 0.5) is 0 Å². The third-order valence-electron chi connectivity index (χ3n) is 2.08. The fraction of sp³-hybridized carbons (Fsp3) is 0.0909. The van der Waals surface area contributed by atoms with Gasteiger partial charge in [-0.05, 0) is 12.1 Å². The minimum atomic E-state index is -0.985. The van der Waals surface area contributed by atoms with Gasteiger partial charge in [0.05, 0.1) is 5.71 Å². The van der Waals surface area contributed by atoms with Crippen molar-refractivity contribution in [2.24, 2.45) is 16.5 Å². The van der Waals surface area contributed by atoms with E-state index in [2.05, 4.69) is 20.9 Å². The molecule has 90 valence electrons. The number of hydrogen-bond acceptors (Lipinski definition) is 4. The van der Waals surface area contributed by atoms with Crippen molar-refractivity contribution in [3.05, 3.63) is 45.8 Å². The van der Waals surface area contributed by atoms with Crippen LogP contribution < -0.4 is 11.5 Å². The minimum Gasteiger partial charge on any atom is -0.502 e. The van der Waals surface area contributed by atoms with E-state index in [4.69, 9.17) is 11.5 Å². The van der Waals surface area contributed by atoms with Gasteiger partial charge in [0.15, 0.2) is 0 Å². The number of aliphatic hydroxyl groups is 1. The third kappa shape index (κ3) is 3.07. The van der Waals surface area contributed by atoms with Gasteiger partial charge >= 0.3 is 0 Å². The van der Waals surface area contributed by atoms with Gasteiger partial charge < -0.3 is 16.6 Å². The summed E-state index contributed by atoms with van der Waals surface area (Å²) < 4.78 is 0.901. The van der Waals surface area contributed by atoms with E-state index in [1.165, 1.54) is 7.05 Å². The summed E-state index contributed by atoms with van der Waals surface area (Å²) in [5.41, 5.74) is 11.4. The average Bonchev–Trinajstić information content (AvgIpc) is 2.31. The van der Waals surface area contributed by atoms with E-state index in [1.54, 1.807) is 24.3 Å². The number of carbonyl (C=O) groups excluding carboxylic acids is 1. The number of benzene rings is 1. The van der Waals surface area contributed by atoms with Gasteiger partial charge in [-0.2, -0.15) is 0 Å². The van der Waals surface area contributed by atoms with Gasteiger partial charge in [0.2, 0.25) is 5.76 Å². The Morgan fingerprint density at radius 3 is 2.24 bits per heavy atom. The summed E-state index contributed by atoms with van der Waals surface area (Å²) in [6.07, 6.45) is 0. The zero-order valence-corrected chi connectivity index (χ0v) is 10.7. The Morgan fingerprint density at radius 1 is 1.29 bits per heavy atom. The Balaban J connectivity index is 3.23. The van der Waals surface area contributed by atoms with Gasteiger partial charge in [0.1, 0.15) is 5.70 Å². The smallest absolute Gasteiger partial charge is 0.285 e. The highest BCUT2D eigenvalue weighted by Crippen LogP contribution is 2.14. The zero-order valence-electron chi connectivity index (χ0n) is 9.14. The SMILES string of the molecule is C/N=C(\C(N)=C(/O)C(N)=O)c1ccc(Br)cc1. The largest absolute Gasteiger partial charge is 0.502 e. The fourth-order valence-electron chi connectivity index (χ4n) is 1.26. The quantitative estimate of drug-likeness (QED) is 0.442. The van der Waals surface area contributed by atoms with E-state index in [1.807, 2.05) is 0 Å². The molecule has 0 unspecified atom stereocenters. The number of hydrogen-bond donors (Lipinski definition) is 3. The monoisotopic (exact) mass is 297 g/mol. The van der Waals surface area contributed by atoms with Gasteiger partial charge in [-0.15, -0.1) is 0 Å². The van der Waals surface area contributed by atoms with E-state index < -0.39 is 11.7 Å². The van der Waals surface area contributed by atoms with Gasteiger partial charge in [-0.25, -0.2) is 0 Å². The van der Waals surface area contributed by atoms with E-state index in [9.17, 15) is 9.90 Å². The molecule has 0 aliphatic carbocycles.